The van der Waals surface area contributed by atoms with E-state index in [0.717, 1.165) is 13.0 Å². The molecule has 2 aliphatic rings. The van der Waals surface area contributed by atoms with Gasteiger partial charge in [-0.15, -0.1) is 0 Å². The van der Waals surface area contributed by atoms with Crippen LogP contribution in [0.1, 0.15) is 80.6 Å². The van der Waals surface area contributed by atoms with Crippen molar-refractivity contribution in [3.8, 4) is 0 Å². The Labute approximate surface area is 137 Å². The third kappa shape index (κ3) is 3.68. The van der Waals surface area contributed by atoms with Crippen molar-refractivity contribution >= 4 is 13.0 Å². The van der Waals surface area contributed by atoms with Gasteiger partial charge in [-0.3, -0.25) is 9.61 Å². The Kier molecular flexibility index (Phi) is 4.71. The molecule has 2 rings (SSSR count). The molecule has 126 valence electrons. The van der Waals surface area contributed by atoms with Gasteiger partial charge in [-0.2, -0.15) is 0 Å². The summed E-state index contributed by atoms with van der Waals surface area (Å²) < 4.78 is 0. The number of nitrogens with one attached hydrogen (secondary N) is 1. The van der Waals surface area contributed by atoms with E-state index < -0.39 is 0 Å². The Morgan fingerprint density at radius 1 is 1.05 bits per heavy atom. The molecule has 2 heterocycles. The highest BCUT2D eigenvalue weighted by Gasteiger charge is 2.51. The molecule has 0 aromatic heterocycles. The minimum atomic E-state index is -0.0306. The van der Waals surface area contributed by atoms with Crippen LogP contribution in [0.5, 0.6) is 0 Å². The van der Waals surface area contributed by atoms with E-state index >= 15 is 0 Å². The first-order valence-corrected chi connectivity index (χ1v) is 8.81. The molecular formula is C17H34BN3O. The van der Waals surface area contributed by atoms with Crippen LogP contribution in [-0.4, -0.2) is 45.8 Å². The van der Waals surface area contributed by atoms with Gasteiger partial charge in [-0.1, -0.05) is 0 Å². The second kappa shape index (κ2) is 5.83. The van der Waals surface area contributed by atoms with Crippen LogP contribution in [0.4, 0.5) is 0 Å². The van der Waals surface area contributed by atoms with Crippen molar-refractivity contribution in [1.29, 1.82) is 0 Å². The monoisotopic (exact) mass is 307 g/mol. The number of amides is 1. The Morgan fingerprint density at radius 3 is 2.00 bits per heavy atom. The number of carbonyl (C=O) groups excluding carboxylic acids is 1. The van der Waals surface area contributed by atoms with E-state index in [1.165, 1.54) is 19.3 Å². The standard InChI is InChI=1S/C17H34BN3O/c1-15(2,3)19-18(20-13-8-10-14(20)22)21-16(4,5)11-9-12-17(21,6)7/h19H,8-13H2,1-7H3. The molecule has 0 bridgehead atoms. The highest BCUT2D eigenvalue weighted by molar-refractivity contribution is 6.54. The summed E-state index contributed by atoms with van der Waals surface area (Å²) in [5, 5.41) is 3.74. The third-order valence-electron chi connectivity index (χ3n) is 5.09. The fraction of sp³-hybridized carbons (Fsp3) is 0.941. The molecule has 2 fully saturated rings. The first kappa shape index (κ1) is 17.8. The number of rotatable bonds is 3. The van der Waals surface area contributed by atoms with Crippen LogP contribution in [0.3, 0.4) is 0 Å². The Bertz CT molecular complexity index is 412. The van der Waals surface area contributed by atoms with Gasteiger partial charge in [0.1, 0.15) is 0 Å². The Balaban J connectivity index is 2.39. The summed E-state index contributed by atoms with van der Waals surface area (Å²) in [5.41, 5.74) is 0.151. The highest BCUT2D eigenvalue weighted by Crippen LogP contribution is 2.39. The molecule has 22 heavy (non-hydrogen) atoms. The summed E-state index contributed by atoms with van der Waals surface area (Å²) in [4.78, 5) is 17.1. The van der Waals surface area contributed by atoms with Crippen molar-refractivity contribution in [3.63, 3.8) is 0 Å². The third-order valence-corrected chi connectivity index (χ3v) is 5.09. The van der Waals surface area contributed by atoms with Gasteiger partial charge < -0.3 is 10.0 Å². The smallest absolute Gasteiger partial charge is 0.358 e. The Hall–Kier alpha value is -0.545. The van der Waals surface area contributed by atoms with Crippen molar-refractivity contribution < 1.29 is 4.79 Å². The van der Waals surface area contributed by atoms with Crippen LogP contribution in [0.2, 0.25) is 0 Å². The van der Waals surface area contributed by atoms with Gasteiger partial charge in [0, 0.05) is 29.6 Å². The van der Waals surface area contributed by atoms with Gasteiger partial charge in [0.15, 0.2) is 0 Å². The lowest BCUT2D eigenvalue weighted by atomic mass is 9.68. The first-order chi connectivity index (χ1) is 9.94. The second-order valence-electron chi connectivity index (χ2n) is 9.31. The van der Waals surface area contributed by atoms with Crippen LogP contribution >= 0.6 is 0 Å². The topological polar surface area (TPSA) is 35.6 Å². The zero-order chi connectivity index (χ0) is 16.8. The summed E-state index contributed by atoms with van der Waals surface area (Å²) in [7, 11) is -0.0136. The molecule has 2 aliphatic heterocycles. The van der Waals surface area contributed by atoms with Crippen LogP contribution in [0.15, 0.2) is 0 Å². The minimum absolute atomic E-state index is 0.0136. The molecule has 1 N–H and O–H groups in total. The molecule has 0 aliphatic carbocycles. The van der Waals surface area contributed by atoms with Gasteiger partial charge >= 0.3 is 7.12 Å². The van der Waals surface area contributed by atoms with Crippen LogP contribution in [0.25, 0.3) is 0 Å². The fourth-order valence-electron chi connectivity index (χ4n) is 4.27. The lowest BCUT2D eigenvalue weighted by molar-refractivity contribution is -0.124. The molecule has 0 radical (unpaired) electrons. The lowest BCUT2D eigenvalue weighted by Gasteiger charge is -2.57. The maximum absolute atomic E-state index is 12.4. The van der Waals surface area contributed by atoms with Crippen LogP contribution in [-0.2, 0) is 4.79 Å². The quantitative estimate of drug-likeness (QED) is 0.814. The van der Waals surface area contributed by atoms with Gasteiger partial charge in [-0.25, -0.2) is 0 Å². The number of hydrogen-bond donors (Lipinski definition) is 1. The molecule has 4 nitrogen and oxygen atoms in total. The first-order valence-electron chi connectivity index (χ1n) is 8.81. The number of piperidine rings is 1. The molecule has 0 unspecified atom stereocenters. The van der Waals surface area contributed by atoms with E-state index in [-0.39, 0.29) is 23.7 Å². The van der Waals surface area contributed by atoms with E-state index in [2.05, 4.69) is 63.3 Å². The summed E-state index contributed by atoms with van der Waals surface area (Å²) >= 11 is 0. The predicted molar refractivity (Wildman–Crippen MR) is 93.4 cm³/mol. The zero-order valence-corrected chi connectivity index (χ0v) is 15.6. The largest absolute Gasteiger partial charge is 0.437 e. The maximum atomic E-state index is 12.4. The van der Waals surface area contributed by atoms with E-state index in [1.807, 2.05) is 0 Å². The van der Waals surface area contributed by atoms with E-state index in [4.69, 9.17) is 0 Å². The molecule has 0 aromatic rings. The van der Waals surface area contributed by atoms with Crippen molar-refractivity contribution in [1.82, 2.24) is 14.8 Å². The molecule has 1 amide bonds. The number of nitrogens with zero attached hydrogens (tertiary/aromatic N) is 2. The molecular weight excluding hydrogens is 273 g/mol. The lowest BCUT2D eigenvalue weighted by Crippen LogP contribution is -2.75. The molecule has 0 atom stereocenters. The van der Waals surface area contributed by atoms with E-state index in [1.54, 1.807) is 0 Å². The van der Waals surface area contributed by atoms with Gasteiger partial charge in [-0.05, 0) is 74.1 Å². The molecule has 0 spiro atoms. The summed E-state index contributed by atoms with van der Waals surface area (Å²) in [6, 6.07) is 0. The molecule has 5 heteroatoms. The minimum Gasteiger partial charge on any atom is -0.358 e. The molecule has 2 saturated heterocycles. The summed E-state index contributed by atoms with van der Waals surface area (Å²) in [5.74, 6) is 0.291. The highest BCUT2D eigenvalue weighted by atomic mass is 16.2. The zero-order valence-electron chi connectivity index (χ0n) is 15.6. The van der Waals surface area contributed by atoms with Crippen LogP contribution < -0.4 is 5.23 Å². The summed E-state index contributed by atoms with van der Waals surface area (Å²) in [6.45, 7) is 16.7. The molecule has 0 aromatic carbocycles. The Morgan fingerprint density at radius 2 is 1.59 bits per heavy atom. The fourth-order valence-corrected chi connectivity index (χ4v) is 4.27. The predicted octanol–water partition coefficient (Wildman–Crippen LogP) is 3.02. The van der Waals surface area contributed by atoms with Crippen molar-refractivity contribution in [2.45, 2.75) is 97.2 Å². The van der Waals surface area contributed by atoms with E-state index in [9.17, 15) is 4.79 Å². The van der Waals surface area contributed by atoms with E-state index in [0.29, 0.717) is 12.3 Å². The van der Waals surface area contributed by atoms with Crippen molar-refractivity contribution in [3.05, 3.63) is 0 Å². The SMILES string of the molecule is CC(C)(C)NB(N1CCCC1=O)N1C(C)(C)CCCC1(C)C. The van der Waals surface area contributed by atoms with Gasteiger partial charge in [0.2, 0.25) is 5.91 Å². The summed E-state index contributed by atoms with van der Waals surface area (Å²) in [6.07, 6.45) is 5.29. The second-order valence-corrected chi connectivity index (χ2v) is 9.31. The van der Waals surface area contributed by atoms with Crippen molar-refractivity contribution in [2.75, 3.05) is 6.54 Å². The average molecular weight is 307 g/mol. The van der Waals surface area contributed by atoms with Gasteiger partial charge in [0.25, 0.3) is 0 Å². The van der Waals surface area contributed by atoms with Crippen molar-refractivity contribution in [2.24, 2.45) is 0 Å². The molecule has 0 saturated carbocycles. The van der Waals surface area contributed by atoms with Crippen LogP contribution in [0, 0.1) is 0 Å². The van der Waals surface area contributed by atoms with Gasteiger partial charge in [0.05, 0.1) is 0 Å². The maximum Gasteiger partial charge on any atom is 0.437 e. The average Bonchev–Trinajstić information content (AvgIpc) is 2.70. The normalized spacial score (nSPS) is 25.6. The number of carbonyl (C=O) groups is 1. The number of hydrogen-bond acceptors (Lipinski definition) is 3.